The third-order valence-corrected chi connectivity index (χ3v) is 3.87. The zero-order chi connectivity index (χ0) is 14.7. The first-order valence-corrected chi connectivity index (χ1v) is 7.22. The lowest BCUT2D eigenvalue weighted by Gasteiger charge is -2.30. The van der Waals surface area contributed by atoms with Crippen LogP contribution in [-0.2, 0) is 9.53 Å². The molecule has 1 aliphatic rings. The van der Waals surface area contributed by atoms with Gasteiger partial charge in [0.1, 0.15) is 6.17 Å². The first kappa shape index (κ1) is 15.0. The van der Waals surface area contributed by atoms with Gasteiger partial charge < -0.3 is 9.64 Å². The highest BCUT2D eigenvalue weighted by Gasteiger charge is 2.40. The Morgan fingerprint density at radius 3 is 2.55 bits per heavy atom. The summed E-state index contributed by atoms with van der Waals surface area (Å²) in [6, 6.07) is 8.30. The Hall–Kier alpha value is -1.39. The summed E-state index contributed by atoms with van der Waals surface area (Å²) in [7, 11) is 1.67. The largest absolute Gasteiger partial charge is 0.383 e. The molecule has 0 radical (unpaired) electrons. The van der Waals surface area contributed by atoms with Gasteiger partial charge in [0, 0.05) is 7.11 Å². The quantitative estimate of drug-likeness (QED) is 0.896. The maximum absolute atomic E-state index is 12.5. The van der Waals surface area contributed by atoms with Crippen molar-refractivity contribution in [1.29, 1.82) is 0 Å². The van der Waals surface area contributed by atoms with Gasteiger partial charge in [-0.05, 0) is 25.8 Å². The molecular formula is C16H24N2O2. The van der Waals surface area contributed by atoms with E-state index < -0.39 is 0 Å². The highest BCUT2D eigenvalue weighted by Crippen LogP contribution is 2.28. The van der Waals surface area contributed by atoms with Crippen molar-refractivity contribution in [2.24, 2.45) is 0 Å². The SMILES string of the molecule is CCC1NC(c2ccc(C)cc2)N(C(C)COC)C1=O. The highest BCUT2D eigenvalue weighted by molar-refractivity contribution is 5.84. The minimum Gasteiger partial charge on any atom is -0.383 e. The topological polar surface area (TPSA) is 41.6 Å². The van der Waals surface area contributed by atoms with Gasteiger partial charge in [0.15, 0.2) is 0 Å². The van der Waals surface area contributed by atoms with Crippen molar-refractivity contribution in [3.05, 3.63) is 35.4 Å². The number of methoxy groups -OCH3 is 1. The lowest BCUT2D eigenvalue weighted by atomic mass is 10.1. The van der Waals surface area contributed by atoms with E-state index in [1.54, 1.807) is 7.11 Å². The van der Waals surface area contributed by atoms with E-state index in [0.29, 0.717) is 6.61 Å². The van der Waals surface area contributed by atoms with Crippen LogP contribution in [0, 0.1) is 6.92 Å². The maximum atomic E-state index is 12.5. The molecule has 4 nitrogen and oxygen atoms in total. The summed E-state index contributed by atoms with van der Waals surface area (Å²) in [6.45, 7) is 6.68. The monoisotopic (exact) mass is 276 g/mol. The third kappa shape index (κ3) is 2.86. The first-order chi connectivity index (χ1) is 9.58. The molecule has 1 aliphatic heterocycles. The second-order valence-electron chi connectivity index (χ2n) is 5.49. The van der Waals surface area contributed by atoms with E-state index in [-0.39, 0.29) is 24.2 Å². The first-order valence-electron chi connectivity index (χ1n) is 7.22. The van der Waals surface area contributed by atoms with Crippen LogP contribution < -0.4 is 5.32 Å². The molecule has 0 saturated carbocycles. The Balaban J connectivity index is 2.28. The number of aryl methyl sites for hydroxylation is 1. The fraction of sp³-hybridized carbons (Fsp3) is 0.562. The van der Waals surface area contributed by atoms with Crippen LogP contribution in [0.25, 0.3) is 0 Å². The predicted molar refractivity (Wildman–Crippen MR) is 79.3 cm³/mol. The van der Waals surface area contributed by atoms with Gasteiger partial charge >= 0.3 is 0 Å². The molecule has 1 fully saturated rings. The van der Waals surface area contributed by atoms with Crippen LogP contribution in [0.1, 0.15) is 37.6 Å². The lowest BCUT2D eigenvalue weighted by Crippen LogP contribution is -2.40. The number of amides is 1. The number of carbonyl (C=O) groups is 1. The number of rotatable bonds is 5. The zero-order valence-corrected chi connectivity index (χ0v) is 12.7. The maximum Gasteiger partial charge on any atom is 0.241 e. The fourth-order valence-corrected chi connectivity index (χ4v) is 2.74. The van der Waals surface area contributed by atoms with E-state index in [0.717, 1.165) is 12.0 Å². The van der Waals surface area contributed by atoms with Gasteiger partial charge in [-0.15, -0.1) is 0 Å². The third-order valence-electron chi connectivity index (χ3n) is 3.87. The molecule has 0 aliphatic carbocycles. The Kier molecular flexibility index (Phi) is 4.78. The average molecular weight is 276 g/mol. The second-order valence-corrected chi connectivity index (χ2v) is 5.49. The summed E-state index contributed by atoms with van der Waals surface area (Å²) in [5.41, 5.74) is 2.35. The summed E-state index contributed by atoms with van der Waals surface area (Å²) in [5, 5.41) is 3.44. The molecule has 0 bridgehead atoms. The minimum atomic E-state index is -0.0967. The Bertz CT molecular complexity index is 458. The van der Waals surface area contributed by atoms with Crippen molar-refractivity contribution in [2.75, 3.05) is 13.7 Å². The van der Waals surface area contributed by atoms with Crippen molar-refractivity contribution in [3.8, 4) is 0 Å². The van der Waals surface area contributed by atoms with E-state index >= 15 is 0 Å². The van der Waals surface area contributed by atoms with Gasteiger partial charge in [-0.25, -0.2) is 0 Å². The van der Waals surface area contributed by atoms with Gasteiger partial charge in [-0.3, -0.25) is 10.1 Å². The van der Waals surface area contributed by atoms with Crippen molar-refractivity contribution < 1.29 is 9.53 Å². The number of nitrogens with zero attached hydrogens (tertiary/aromatic N) is 1. The molecule has 3 atom stereocenters. The summed E-state index contributed by atoms with van der Waals surface area (Å²) >= 11 is 0. The van der Waals surface area contributed by atoms with Crippen molar-refractivity contribution in [3.63, 3.8) is 0 Å². The Morgan fingerprint density at radius 2 is 2.00 bits per heavy atom. The van der Waals surface area contributed by atoms with Gasteiger partial charge in [0.2, 0.25) is 5.91 Å². The predicted octanol–water partition coefficient (Wildman–Crippen LogP) is 2.24. The standard InChI is InChI=1S/C16H24N2O2/c1-5-14-16(19)18(12(3)10-20-4)15(17-14)13-8-6-11(2)7-9-13/h6-9,12,14-15,17H,5,10H2,1-4H3. The lowest BCUT2D eigenvalue weighted by molar-refractivity contribution is -0.133. The minimum absolute atomic E-state index is 0.0572. The van der Waals surface area contributed by atoms with Crippen LogP contribution in [0.5, 0.6) is 0 Å². The van der Waals surface area contributed by atoms with E-state index in [9.17, 15) is 4.79 Å². The van der Waals surface area contributed by atoms with Crippen molar-refractivity contribution >= 4 is 5.91 Å². The molecule has 1 saturated heterocycles. The van der Waals surface area contributed by atoms with Gasteiger partial charge in [-0.1, -0.05) is 36.8 Å². The number of benzene rings is 1. The zero-order valence-electron chi connectivity index (χ0n) is 12.7. The summed E-state index contributed by atoms with van der Waals surface area (Å²) in [5.74, 6) is 0.169. The molecule has 1 heterocycles. The molecular weight excluding hydrogens is 252 g/mol. The number of nitrogens with one attached hydrogen (secondary N) is 1. The molecule has 2 rings (SSSR count). The normalized spacial score (nSPS) is 24.2. The van der Waals surface area contributed by atoms with Gasteiger partial charge in [0.25, 0.3) is 0 Å². The molecule has 1 aromatic carbocycles. The molecule has 1 aromatic rings. The van der Waals surface area contributed by atoms with Crippen molar-refractivity contribution in [1.82, 2.24) is 10.2 Å². The number of hydrogen-bond donors (Lipinski definition) is 1. The van der Waals surface area contributed by atoms with Crippen molar-refractivity contribution in [2.45, 2.75) is 45.4 Å². The van der Waals surface area contributed by atoms with E-state index in [2.05, 4.69) is 36.5 Å². The van der Waals surface area contributed by atoms with Crippen LogP contribution in [0.2, 0.25) is 0 Å². The molecule has 1 amide bonds. The molecule has 0 spiro atoms. The Labute approximate surface area is 121 Å². The molecule has 4 heteroatoms. The average Bonchev–Trinajstić information content (AvgIpc) is 2.77. The summed E-state index contributed by atoms with van der Waals surface area (Å²) in [4.78, 5) is 14.4. The van der Waals surface area contributed by atoms with Gasteiger partial charge in [-0.2, -0.15) is 0 Å². The van der Waals surface area contributed by atoms with E-state index in [4.69, 9.17) is 4.74 Å². The molecule has 0 aromatic heterocycles. The molecule has 20 heavy (non-hydrogen) atoms. The van der Waals surface area contributed by atoms with E-state index in [1.807, 2.05) is 18.7 Å². The van der Waals surface area contributed by atoms with Crippen LogP contribution in [0.3, 0.4) is 0 Å². The summed E-state index contributed by atoms with van der Waals surface area (Å²) in [6.07, 6.45) is 0.746. The number of hydrogen-bond acceptors (Lipinski definition) is 3. The number of carbonyl (C=O) groups excluding carboxylic acids is 1. The van der Waals surface area contributed by atoms with Gasteiger partial charge in [0.05, 0.1) is 18.7 Å². The number of ether oxygens (including phenoxy) is 1. The van der Waals surface area contributed by atoms with Crippen LogP contribution in [0.15, 0.2) is 24.3 Å². The fourth-order valence-electron chi connectivity index (χ4n) is 2.74. The highest BCUT2D eigenvalue weighted by atomic mass is 16.5. The van der Waals surface area contributed by atoms with Crippen LogP contribution in [-0.4, -0.2) is 36.6 Å². The molecule has 3 unspecified atom stereocenters. The smallest absolute Gasteiger partial charge is 0.241 e. The van der Waals surface area contributed by atoms with Crippen LogP contribution in [0.4, 0.5) is 0 Å². The van der Waals surface area contributed by atoms with Crippen LogP contribution >= 0.6 is 0 Å². The molecule has 1 N–H and O–H groups in total. The second kappa shape index (κ2) is 6.37. The summed E-state index contributed by atoms with van der Waals surface area (Å²) < 4.78 is 5.21. The van der Waals surface area contributed by atoms with E-state index in [1.165, 1.54) is 5.56 Å². The Morgan fingerprint density at radius 1 is 1.35 bits per heavy atom. The molecule has 110 valence electrons.